The van der Waals surface area contributed by atoms with Gasteiger partial charge in [-0.2, -0.15) is 0 Å². The molecule has 206 valence electrons. The van der Waals surface area contributed by atoms with Crippen molar-refractivity contribution in [2.24, 2.45) is 11.8 Å². The molecule has 2 aromatic carbocycles. The minimum atomic E-state index is -0.154. The van der Waals surface area contributed by atoms with E-state index in [0.29, 0.717) is 29.9 Å². The van der Waals surface area contributed by atoms with Crippen LogP contribution < -0.4 is 15.1 Å². The quantitative estimate of drug-likeness (QED) is 0.426. The van der Waals surface area contributed by atoms with E-state index in [9.17, 15) is 9.59 Å². The first kappa shape index (κ1) is 27.3. The van der Waals surface area contributed by atoms with Gasteiger partial charge in [0, 0.05) is 73.9 Å². The summed E-state index contributed by atoms with van der Waals surface area (Å²) in [6, 6.07) is 15.8. The Kier molecular flexibility index (Phi) is 8.26. The van der Waals surface area contributed by atoms with E-state index in [1.54, 1.807) is 0 Å². The Labute approximate surface area is 236 Å². The first-order valence-corrected chi connectivity index (χ1v) is 14.4. The molecule has 2 saturated heterocycles. The molecule has 8 heteroatoms. The summed E-state index contributed by atoms with van der Waals surface area (Å²) in [5.74, 6) is 2.22. The van der Waals surface area contributed by atoms with E-state index in [0.717, 1.165) is 59.8 Å². The van der Waals surface area contributed by atoms with Crippen molar-refractivity contribution in [1.29, 1.82) is 0 Å². The summed E-state index contributed by atoms with van der Waals surface area (Å²) in [4.78, 5) is 36.9. The summed E-state index contributed by atoms with van der Waals surface area (Å²) in [7, 11) is 0. The Morgan fingerprint density at radius 1 is 0.949 bits per heavy atom. The molecular formula is C31H38ClN5O2. The van der Waals surface area contributed by atoms with Gasteiger partial charge in [0.15, 0.2) is 0 Å². The highest BCUT2D eigenvalue weighted by Gasteiger charge is 2.24. The minimum absolute atomic E-state index is 0.0170. The Bertz CT molecular complexity index is 1340. The molecule has 1 aromatic heterocycles. The van der Waals surface area contributed by atoms with Crippen molar-refractivity contribution in [3.8, 4) is 0 Å². The Balaban J connectivity index is 1.14. The highest BCUT2D eigenvalue weighted by Crippen LogP contribution is 2.29. The van der Waals surface area contributed by atoms with E-state index in [4.69, 9.17) is 16.6 Å². The van der Waals surface area contributed by atoms with Gasteiger partial charge in [-0.25, -0.2) is 4.98 Å². The third kappa shape index (κ3) is 6.64. The lowest BCUT2D eigenvalue weighted by Gasteiger charge is -2.36. The molecule has 0 saturated carbocycles. The zero-order chi connectivity index (χ0) is 27.5. The molecule has 3 heterocycles. The van der Waals surface area contributed by atoms with Crippen molar-refractivity contribution >= 4 is 51.5 Å². The number of nitrogens with one attached hydrogen (secondary N) is 1. The second-order valence-corrected chi connectivity index (χ2v) is 11.7. The van der Waals surface area contributed by atoms with Crippen LogP contribution in [0.3, 0.4) is 0 Å². The molecule has 0 aliphatic carbocycles. The maximum atomic E-state index is 12.8. The second-order valence-electron chi connectivity index (χ2n) is 11.3. The molecule has 2 aliphatic heterocycles. The van der Waals surface area contributed by atoms with Crippen molar-refractivity contribution in [2.45, 2.75) is 40.0 Å². The van der Waals surface area contributed by atoms with Gasteiger partial charge in [-0.3, -0.25) is 9.59 Å². The van der Waals surface area contributed by atoms with E-state index in [-0.39, 0.29) is 24.7 Å². The molecule has 0 unspecified atom stereocenters. The van der Waals surface area contributed by atoms with Crippen LogP contribution >= 0.6 is 11.6 Å². The van der Waals surface area contributed by atoms with Gasteiger partial charge in [0.05, 0.1) is 5.52 Å². The third-order valence-electron chi connectivity index (χ3n) is 7.85. The Morgan fingerprint density at radius 2 is 1.69 bits per heavy atom. The first-order chi connectivity index (χ1) is 18.7. The highest BCUT2D eigenvalue weighted by atomic mass is 35.5. The number of amides is 2. The van der Waals surface area contributed by atoms with E-state index >= 15 is 0 Å². The van der Waals surface area contributed by atoms with E-state index in [1.165, 1.54) is 6.42 Å². The Hall–Kier alpha value is -3.32. The summed E-state index contributed by atoms with van der Waals surface area (Å²) in [6.07, 6.45) is 1.62. The topological polar surface area (TPSA) is 68.8 Å². The van der Waals surface area contributed by atoms with Gasteiger partial charge in [0.2, 0.25) is 11.8 Å². The fourth-order valence-corrected chi connectivity index (χ4v) is 6.14. The molecule has 0 radical (unpaired) electrons. The standard InChI is InChI=1S/C31H38ClN5O2/c1-21-15-22(2)20-37(19-21)29-16-23(3)27-18-25(7-8-28(27)34-29)33-30(38)9-10-31(39)36-13-11-35(12-14-36)26-6-4-5-24(32)17-26/h4-8,16-18,21-22H,9-15,19-20H2,1-3H3,(H,33,38)/t21-,22+. The molecule has 0 spiro atoms. The number of anilines is 3. The van der Waals surface area contributed by atoms with Crippen LogP contribution in [0.25, 0.3) is 10.9 Å². The summed E-state index contributed by atoms with van der Waals surface area (Å²) in [6.45, 7) is 11.6. The van der Waals surface area contributed by atoms with E-state index in [2.05, 4.69) is 42.0 Å². The fourth-order valence-electron chi connectivity index (χ4n) is 5.96. The maximum Gasteiger partial charge on any atom is 0.224 e. The SMILES string of the molecule is Cc1cc(N2C[C@H](C)C[C@H](C)C2)nc2ccc(NC(=O)CCC(=O)N3CCN(c4cccc(Cl)c4)CC3)cc12. The zero-order valence-electron chi connectivity index (χ0n) is 23.1. The number of fused-ring (bicyclic) bond motifs is 1. The molecule has 2 aliphatic rings. The van der Waals surface area contributed by atoms with Gasteiger partial charge in [-0.1, -0.05) is 31.5 Å². The van der Waals surface area contributed by atoms with Crippen LogP contribution in [0.2, 0.25) is 5.02 Å². The number of pyridine rings is 1. The monoisotopic (exact) mass is 547 g/mol. The summed E-state index contributed by atoms with van der Waals surface area (Å²) >= 11 is 6.12. The summed E-state index contributed by atoms with van der Waals surface area (Å²) in [5, 5.41) is 4.71. The van der Waals surface area contributed by atoms with E-state index in [1.807, 2.05) is 47.4 Å². The molecule has 3 aromatic rings. The lowest BCUT2D eigenvalue weighted by Crippen LogP contribution is -2.48. The minimum Gasteiger partial charge on any atom is -0.368 e. The van der Waals surface area contributed by atoms with Crippen LogP contribution in [-0.4, -0.2) is 61.0 Å². The molecule has 2 atom stereocenters. The number of rotatable bonds is 6. The van der Waals surface area contributed by atoms with Gasteiger partial charge < -0.3 is 20.0 Å². The molecule has 0 bridgehead atoms. The van der Waals surface area contributed by atoms with Crippen LogP contribution in [-0.2, 0) is 9.59 Å². The van der Waals surface area contributed by atoms with E-state index < -0.39 is 0 Å². The number of halogens is 1. The lowest BCUT2D eigenvalue weighted by atomic mass is 9.92. The van der Waals surface area contributed by atoms with Gasteiger partial charge in [0.1, 0.15) is 5.82 Å². The van der Waals surface area contributed by atoms with Crippen molar-refractivity contribution in [3.05, 3.63) is 59.1 Å². The van der Waals surface area contributed by atoms with Crippen molar-refractivity contribution in [2.75, 3.05) is 54.4 Å². The molecule has 7 nitrogen and oxygen atoms in total. The van der Waals surface area contributed by atoms with Crippen LogP contribution in [0.5, 0.6) is 0 Å². The number of piperazine rings is 1. The summed E-state index contributed by atoms with van der Waals surface area (Å²) < 4.78 is 0. The molecule has 39 heavy (non-hydrogen) atoms. The first-order valence-electron chi connectivity index (χ1n) is 14.0. The predicted molar refractivity (Wildman–Crippen MR) is 160 cm³/mol. The molecule has 2 amide bonds. The number of aryl methyl sites for hydroxylation is 1. The molecule has 1 N–H and O–H groups in total. The second kappa shape index (κ2) is 11.8. The number of benzene rings is 2. The van der Waals surface area contributed by atoms with Crippen LogP contribution in [0, 0.1) is 18.8 Å². The average Bonchev–Trinajstić information content (AvgIpc) is 2.91. The number of piperidine rings is 1. The number of aromatic nitrogens is 1. The third-order valence-corrected chi connectivity index (χ3v) is 8.09. The van der Waals surface area contributed by atoms with Gasteiger partial charge in [0.25, 0.3) is 0 Å². The largest absolute Gasteiger partial charge is 0.368 e. The normalized spacial score (nSPS) is 19.8. The maximum absolute atomic E-state index is 12.8. The molecular weight excluding hydrogens is 510 g/mol. The zero-order valence-corrected chi connectivity index (χ0v) is 23.9. The smallest absolute Gasteiger partial charge is 0.224 e. The van der Waals surface area contributed by atoms with Gasteiger partial charge in [-0.05, 0) is 73.2 Å². The number of nitrogens with zero attached hydrogens (tertiary/aromatic N) is 4. The number of carbonyl (C=O) groups is 2. The van der Waals surface area contributed by atoms with Crippen molar-refractivity contribution in [3.63, 3.8) is 0 Å². The van der Waals surface area contributed by atoms with Crippen LogP contribution in [0.15, 0.2) is 48.5 Å². The Morgan fingerprint density at radius 3 is 2.41 bits per heavy atom. The van der Waals surface area contributed by atoms with Gasteiger partial charge >= 0.3 is 0 Å². The predicted octanol–water partition coefficient (Wildman–Crippen LogP) is 5.75. The van der Waals surface area contributed by atoms with Gasteiger partial charge in [-0.15, -0.1) is 0 Å². The summed E-state index contributed by atoms with van der Waals surface area (Å²) in [5.41, 5.74) is 3.87. The lowest BCUT2D eigenvalue weighted by molar-refractivity contribution is -0.133. The number of carbonyl (C=O) groups excluding carboxylic acids is 2. The number of hydrogen-bond donors (Lipinski definition) is 1. The number of hydrogen-bond acceptors (Lipinski definition) is 5. The van der Waals surface area contributed by atoms with Crippen molar-refractivity contribution < 1.29 is 9.59 Å². The van der Waals surface area contributed by atoms with Crippen molar-refractivity contribution in [1.82, 2.24) is 9.88 Å². The average molecular weight is 548 g/mol. The molecule has 2 fully saturated rings. The highest BCUT2D eigenvalue weighted by molar-refractivity contribution is 6.30. The molecule has 5 rings (SSSR count). The van der Waals surface area contributed by atoms with Crippen LogP contribution in [0.1, 0.15) is 38.7 Å². The van der Waals surface area contributed by atoms with Crippen LogP contribution in [0.4, 0.5) is 17.2 Å². The fraction of sp³-hybridized carbons (Fsp3) is 0.452.